The minimum Gasteiger partial charge on any atom is -0.494 e. The third-order valence-corrected chi connectivity index (χ3v) is 6.17. The zero-order valence-electron chi connectivity index (χ0n) is 17.9. The van der Waals surface area contributed by atoms with E-state index in [0.29, 0.717) is 23.1 Å². The van der Waals surface area contributed by atoms with Crippen molar-refractivity contribution in [1.29, 1.82) is 0 Å². The summed E-state index contributed by atoms with van der Waals surface area (Å²) in [6, 6.07) is 12.5. The molecule has 3 aromatic rings. The Bertz CT molecular complexity index is 1200. The summed E-state index contributed by atoms with van der Waals surface area (Å²) in [6.45, 7) is 3.78. The molecule has 1 aromatic heterocycles. The number of aromatic nitrogens is 3. The summed E-state index contributed by atoms with van der Waals surface area (Å²) in [6.07, 6.45) is 2.51. The van der Waals surface area contributed by atoms with Gasteiger partial charge in [-0.2, -0.15) is 4.98 Å². The number of nitrogens with one attached hydrogen (secondary N) is 3. The highest BCUT2D eigenvalue weighted by Crippen LogP contribution is 2.32. The highest BCUT2D eigenvalue weighted by molar-refractivity contribution is 7.90. The Morgan fingerprint density at radius 3 is 2.38 bits per heavy atom. The molecule has 0 aliphatic carbocycles. The van der Waals surface area contributed by atoms with E-state index in [0.717, 1.165) is 38.1 Å². The van der Waals surface area contributed by atoms with Crippen LogP contribution in [-0.2, 0) is 9.84 Å². The Morgan fingerprint density at radius 2 is 1.69 bits per heavy atom. The lowest BCUT2D eigenvalue weighted by molar-refractivity contribution is 0.416. The molecule has 0 radical (unpaired) electrons. The molecular weight excluding hydrogens is 430 g/mol. The van der Waals surface area contributed by atoms with Crippen LogP contribution in [0.15, 0.2) is 53.7 Å². The minimum atomic E-state index is -3.41. The zero-order valence-corrected chi connectivity index (χ0v) is 18.7. The highest BCUT2D eigenvalue weighted by Gasteiger charge is 2.15. The first kappa shape index (κ1) is 21.8. The zero-order chi connectivity index (χ0) is 22.6. The predicted octanol–water partition coefficient (Wildman–Crippen LogP) is 2.18. The summed E-state index contributed by atoms with van der Waals surface area (Å²) in [5.74, 6) is 1.18. The number of methoxy groups -OCH3 is 1. The summed E-state index contributed by atoms with van der Waals surface area (Å²) in [5.41, 5.74) is 2.19. The van der Waals surface area contributed by atoms with Gasteiger partial charge in [0.25, 0.3) is 0 Å². The number of sulfone groups is 1. The first-order valence-electron chi connectivity index (χ1n) is 10.1. The van der Waals surface area contributed by atoms with Crippen molar-refractivity contribution in [2.24, 2.45) is 0 Å². The maximum atomic E-state index is 12.0. The fourth-order valence-corrected chi connectivity index (χ4v) is 4.30. The van der Waals surface area contributed by atoms with Crippen LogP contribution in [0.1, 0.15) is 0 Å². The number of benzene rings is 2. The molecule has 2 heterocycles. The van der Waals surface area contributed by atoms with Gasteiger partial charge in [0.2, 0.25) is 11.9 Å². The lowest BCUT2D eigenvalue weighted by Crippen LogP contribution is -2.43. The molecular formula is C21H25N7O3S. The summed E-state index contributed by atoms with van der Waals surface area (Å²) in [7, 11) is -1.79. The van der Waals surface area contributed by atoms with Crippen molar-refractivity contribution in [2.75, 3.05) is 55.1 Å². The second-order valence-electron chi connectivity index (χ2n) is 7.27. The molecule has 0 amide bonds. The van der Waals surface area contributed by atoms with Gasteiger partial charge in [0.1, 0.15) is 12.1 Å². The third kappa shape index (κ3) is 5.06. The van der Waals surface area contributed by atoms with Gasteiger partial charge in [0.15, 0.2) is 9.84 Å². The van der Waals surface area contributed by atoms with Crippen LogP contribution in [0.4, 0.5) is 29.0 Å². The van der Waals surface area contributed by atoms with Gasteiger partial charge >= 0.3 is 0 Å². The van der Waals surface area contributed by atoms with Crippen molar-refractivity contribution >= 4 is 38.8 Å². The van der Waals surface area contributed by atoms with E-state index in [1.54, 1.807) is 25.3 Å². The van der Waals surface area contributed by atoms with E-state index in [1.807, 2.05) is 18.2 Å². The molecule has 0 saturated carbocycles. The molecule has 4 rings (SSSR count). The van der Waals surface area contributed by atoms with Crippen molar-refractivity contribution in [1.82, 2.24) is 20.3 Å². The average molecular weight is 456 g/mol. The van der Waals surface area contributed by atoms with E-state index in [9.17, 15) is 8.42 Å². The molecule has 0 atom stereocenters. The number of hydrogen-bond acceptors (Lipinski definition) is 10. The number of para-hydroxylation sites is 1. The number of ether oxygens (including phenoxy) is 1. The van der Waals surface area contributed by atoms with Gasteiger partial charge in [0, 0.05) is 44.2 Å². The number of nitrogens with zero attached hydrogens (tertiary/aromatic N) is 4. The molecule has 11 heteroatoms. The summed E-state index contributed by atoms with van der Waals surface area (Å²) in [5, 5.41) is 9.45. The molecule has 1 fully saturated rings. The molecule has 1 aliphatic heterocycles. The maximum Gasteiger partial charge on any atom is 0.232 e. The van der Waals surface area contributed by atoms with E-state index in [2.05, 4.69) is 35.8 Å². The molecule has 32 heavy (non-hydrogen) atoms. The number of hydrogen-bond donors (Lipinski definition) is 3. The van der Waals surface area contributed by atoms with Crippen molar-refractivity contribution in [3.8, 4) is 5.75 Å². The fraction of sp³-hybridized carbons (Fsp3) is 0.286. The Labute approximate surface area is 187 Å². The van der Waals surface area contributed by atoms with Gasteiger partial charge in [-0.25, -0.2) is 18.4 Å². The fourth-order valence-electron chi connectivity index (χ4n) is 3.45. The van der Waals surface area contributed by atoms with Gasteiger partial charge in [-0.1, -0.05) is 12.1 Å². The van der Waals surface area contributed by atoms with Crippen LogP contribution in [0.2, 0.25) is 0 Å². The minimum absolute atomic E-state index is 0.167. The summed E-state index contributed by atoms with van der Waals surface area (Å²) in [4.78, 5) is 15.1. The van der Waals surface area contributed by atoms with Crippen molar-refractivity contribution in [2.45, 2.75) is 4.90 Å². The van der Waals surface area contributed by atoms with Crippen LogP contribution < -0.4 is 25.6 Å². The molecule has 0 unspecified atom stereocenters. The van der Waals surface area contributed by atoms with Crippen LogP contribution in [0.25, 0.3) is 0 Å². The van der Waals surface area contributed by atoms with Crippen LogP contribution >= 0.6 is 0 Å². The van der Waals surface area contributed by atoms with Gasteiger partial charge in [-0.3, -0.25) is 0 Å². The van der Waals surface area contributed by atoms with E-state index in [4.69, 9.17) is 4.74 Å². The second-order valence-corrected chi connectivity index (χ2v) is 9.26. The quantitative estimate of drug-likeness (QED) is 0.489. The summed E-state index contributed by atoms with van der Waals surface area (Å²) < 4.78 is 29.6. The topological polar surface area (TPSA) is 121 Å². The first-order valence-corrected chi connectivity index (χ1v) is 12.0. The average Bonchev–Trinajstić information content (AvgIpc) is 2.80. The number of rotatable bonds is 7. The largest absolute Gasteiger partial charge is 0.494 e. The van der Waals surface area contributed by atoms with Crippen LogP contribution in [0, 0.1) is 0 Å². The Balaban J connectivity index is 1.55. The SMILES string of the molecule is COc1cc(N2CCNCC2)ccc1Nc1ncnc(Nc2ccccc2S(C)(=O)=O)n1. The molecule has 0 spiro atoms. The van der Waals surface area contributed by atoms with Gasteiger partial charge in [-0.05, 0) is 24.3 Å². The van der Waals surface area contributed by atoms with Gasteiger partial charge in [-0.15, -0.1) is 0 Å². The summed E-state index contributed by atoms with van der Waals surface area (Å²) >= 11 is 0. The first-order chi connectivity index (χ1) is 15.4. The van der Waals surface area contributed by atoms with E-state index in [-0.39, 0.29) is 10.8 Å². The molecule has 0 bridgehead atoms. The van der Waals surface area contributed by atoms with Crippen LogP contribution in [-0.4, -0.2) is 62.9 Å². The standard InChI is InChI=1S/C21H25N7O3S/c1-31-18-13-15(28-11-9-22-10-12-28)7-8-16(18)25-20-23-14-24-21(27-20)26-17-5-3-4-6-19(17)32(2,29)30/h3-8,13-14,22H,9-12H2,1-2H3,(H2,23,24,25,26,27). The lowest BCUT2D eigenvalue weighted by atomic mass is 10.2. The van der Waals surface area contributed by atoms with Crippen molar-refractivity contribution in [3.63, 3.8) is 0 Å². The molecule has 2 aromatic carbocycles. The smallest absolute Gasteiger partial charge is 0.232 e. The Kier molecular flexibility index (Phi) is 6.37. The number of anilines is 5. The molecule has 1 aliphatic rings. The van der Waals surface area contributed by atoms with E-state index in [1.165, 1.54) is 12.4 Å². The maximum absolute atomic E-state index is 12.0. The number of piperazine rings is 1. The van der Waals surface area contributed by atoms with Crippen molar-refractivity contribution < 1.29 is 13.2 Å². The lowest BCUT2D eigenvalue weighted by Gasteiger charge is -2.30. The normalized spacial score (nSPS) is 14.1. The van der Waals surface area contributed by atoms with E-state index < -0.39 is 9.84 Å². The Hall–Kier alpha value is -3.44. The molecule has 1 saturated heterocycles. The second kappa shape index (κ2) is 9.37. The monoisotopic (exact) mass is 455 g/mol. The highest BCUT2D eigenvalue weighted by atomic mass is 32.2. The molecule has 168 valence electrons. The molecule has 3 N–H and O–H groups in total. The third-order valence-electron chi connectivity index (χ3n) is 5.02. The van der Waals surface area contributed by atoms with Crippen molar-refractivity contribution in [3.05, 3.63) is 48.8 Å². The van der Waals surface area contributed by atoms with E-state index >= 15 is 0 Å². The van der Waals surface area contributed by atoms with Gasteiger partial charge < -0.3 is 25.6 Å². The van der Waals surface area contributed by atoms with Gasteiger partial charge in [0.05, 0.1) is 23.4 Å². The van der Waals surface area contributed by atoms with Crippen LogP contribution in [0.3, 0.4) is 0 Å². The Morgan fingerprint density at radius 1 is 1.00 bits per heavy atom. The van der Waals surface area contributed by atoms with Crippen LogP contribution in [0.5, 0.6) is 5.75 Å². The molecule has 10 nitrogen and oxygen atoms in total. The predicted molar refractivity (Wildman–Crippen MR) is 124 cm³/mol.